The first-order valence-electron chi connectivity index (χ1n) is 9.13. The first kappa shape index (κ1) is 18.6. The van der Waals surface area contributed by atoms with Gasteiger partial charge in [-0.1, -0.05) is 55.5 Å². The van der Waals surface area contributed by atoms with Crippen LogP contribution >= 0.6 is 7.60 Å². The van der Waals surface area contributed by atoms with Crippen molar-refractivity contribution in [3.05, 3.63) is 77.1 Å². The molecule has 0 fully saturated rings. The molecule has 28 heavy (non-hydrogen) atoms. The SMILES string of the molecule is CCCOP(=O)(O)c1ccc(-c2cc3ccccc3c3ccccc23)[nH]c1=O. The molecule has 4 rings (SSSR count). The molecule has 0 aliphatic rings. The van der Waals surface area contributed by atoms with Gasteiger partial charge in [-0.2, -0.15) is 0 Å². The highest BCUT2D eigenvalue weighted by Crippen LogP contribution is 2.40. The first-order chi connectivity index (χ1) is 13.5. The van der Waals surface area contributed by atoms with Gasteiger partial charge in [-0.05, 0) is 46.2 Å². The topological polar surface area (TPSA) is 79.4 Å². The quantitative estimate of drug-likeness (QED) is 0.384. The van der Waals surface area contributed by atoms with Gasteiger partial charge in [0, 0.05) is 11.3 Å². The smallest absolute Gasteiger partial charge is 0.321 e. The van der Waals surface area contributed by atoms with Crippen molar-refractivity contribution in [3.63, 3.8) is 0 Å². The molecule has 0 aliphatic carbocycles. The molecule has 5 nitrogen and oxygen atoms in total. The van der Waals surface area contributed by atoms with Crippen LogP contribution in [0.15, 0.2) is 71.5 Å². The first-order valence-corrected chi connectivity index (χ1v) is 10.7. The number of benzene rings is 3. The van der Waals surface area contributed by atoms with Gasteiger partial charge in [-0.25, -0.2) is 0 Å². The third-order valence-electron chi connectivity index (χ3n) is 4.72. The van der Waals surface area contributed by atoms with Crippen molar-refractivity contribution in [2.45, 2.75) is 13.3 Å². The zero-order valence-electron chi connectivity index (χ0n) is 15.4. The Hall–Kier alpha value is -2.72. The number of nitrogens with one attached hydrogen (secondary N) is 1. The van der Waals surface area contributed by atoms with Crippen LogP contribution in [0.5, 0.6) is 0 Å². The van der Waals surface area contributed by atoms with Gasteiger partial charge in [-0.3, -0.25) is 9.36 Å². The summed E-state index contributed by atoms with van der Waals surface area (Å²) in [6, 6.07) is 21.1. The molecule has 3 aromatic carbocycles. The minimum absolute atomic E-state index is 0.115. The molecule has 2 N–H and O–H groups in total. The van der Waals surface area contributed by atoms with Crippen LogP contribution in [0.1, 0.15) is 13.3 Å². The average molecular weight is 393 g/mol. The van der Waals surface area contributed by atoms with Gasteiger partial charge in [0.2, 0.25) is 0 Å². The fourth-order valence-electron chi connectivity index (χ4n) is 3.41. The Bertz CT molecular complexity index is 1280. The molecule has 0 amide bonds. The molecule has 0 saturated carbocycles. The predicted octanol–water partition coefficient (Wildman–Crippen LogP) is 4.59. The fraction of sp³-hybridized carbons (Fsp3) is 0.136. The van der Waals surface area contributed by atoms with Crippen molar-refractivity contribution >= 4 is 34.4 Å². The fourth-order valence-corrected chi connectivity index (χ4v) is 4.55. The molecule has 0 bridgehead atoms. The van der Waals surface area contributed by atoms with E-state index in [1.54, 1.807) is 6.07 Å². The molecular weight excluding hydrogens is 373 g/mol. The summed E-state index contributed by atoms with van der Waals surface area (Å²) in [7, 11) is -4.14. The number of hydrogen-bond acceptors (Lipinski definition) is 3. The number of pyridine rings is 1. The second-order valence-corrected chi connectivity index (χ2v) is 8.41. The summed E-state index contributed by atoms with van der Waals surface area (Å²) in [5.41, 5.74) is 0.836. The van der Waals surface area contributed by atoms with E-state index in [9.17, 15) is 14.3 Å². The average Bonchev–Trinajstić information content (AvgIpc) is 2.71. The molecule has 4 aromatic rings. The van der Waals surface area contributed by atoms with Crippen molar-refractivity contribution in [2.75, 3.05) is 6.61 Å². The van der Waals surface area contributed by atoms with E-state index in [1.165, 1.54) is 6.07 Å². The largest absolute Gasteiger partial charge is 0.364 e. The Morgan fingerprint density at radius 3 is 2.36 bits per heavy atom. The highest BCUT2D eigenvalue weighted by Gasteiger charge is 2.26. The zero-order valence-corrected chi connectivity index (χ0v) is 16.3. The van der Waals surface area contributed by atoms with E-state index >= 15 is 0 Å². The Kier molecular flexibility index (Phi) is 4.90. The molecular formula is C22H20NO4P. The molecule has 1 atom stereocenters. The standard InChI is InChI=1S/C22H20NO4P/c1-2-13-27-28(25,26)21-12-11-20(23-22(21)24)19-14-15-7-3-4-8-16(15)17-9-5-6-10-18(17)19/h3-12,14H,2,13H2,1H3,(H,23,24)(H,25,26). The number of aromatic amines is 1. The second-order valence-electron chi connectivity index (χ2n) is 6.63. The van der Waals surface area contributed by atoms with Crippen molar-refractivity contribution in [3.8, 4) is 11.3 Å². The minimum Gasteiger partial charge on any atom is -0.321 e. The summed E-state index contributed by atoms with van der Waals surface area (Å²) in [5.74, 6) is 0. The second kappa shape index (κ2) is 7.36. The third kappa shape index (κ3) is 3.29. The van der Waals surface area contributed by atoms with Gasteiger partial charge in [0.15, 0.2) is 0 Å². The molecule has 1 unspecified atom stereocenters. The lowest BCUT2D eigenvalue weighted by atomic mass is 9.95. The van der Waals surface area contributed by atoms with Crippen molar-refractivity contribution < 1.29 is 14.0 Å². The maximum atomic E-state index is 12.6. The zero-order chi connectivity index (χ0) is 19.7. The van der Waals surface area contributed by atoms with E-state index < -0.39 is 13.2 Å². The summed E-state index contributed by atoms with van der Waals surface area (Å²) in [6.45, 7) is 1.95. The van der Waals surface area contributed by atoms with Gasteiger partial charge in [0.05, 0.1) is 6.61 Å². The lowest BCUT2D eigenvalue weighted by molar-refractivity contribution is 0.269. The van der Waals surface area contributed by atoms with Gasteiger partial charge < -0.3 is 14.4 Å². The number of hydrogen-bond donors (Lipinski definition) is 2. The maximum absolute atomic E-state index is 12.6. The van der Waals surface area contributed by atoms with Crippen LogP contribution in [-0.2, 0) is 9.09 Å². The molecule has 0 aliphatic heterocycles. The lowest BCUT2D eigenvalue weighted by Gasteiger charge is -2.13. The molecule has 0 radical (unpaired) electrons. The van der Waals surface area contributed by atoms with Crippen LogP contribution < -0.4 is 10.9 Å². The summed E-state index contributed by atoms with van der Waals surface area (Å²) >= 11 is 0. The normalized spacial score (nSPS) is 13.6. The highest BCUT2D eigenvalue weighted by molar-refractivity contribution is 7.61. The minimum atomic E-state index is -4.14. The van der Waals surface area contributed by atoms with E-state index in [2.05, 4.69) is 11.1 Å². The van der Waals surface area contributed by atoms with Crippen LogP contribution in [0.25, 0.3) is 32.8 Å². The van der Waals surface area contributed by atoms with Crippen LogP contribution in [0.3, 0.4) is 0 Å². The van der Waals surface area contributed by atoms with E-state index in [4.69, 9.17) is 4.52 Å². The Morgan fingerprint density at radius 2 is 1.64 bits per heavy atom. The summed E-state index contributed by atoms with van der Waals surface area (Å²) in [6.07, 6.45) is 0.587. The van der Waals surface area contributed by atoms with Crippen LogP contribution in [0.2, 0.25) is 0 Å². The van der Waals surface area contributed by atoms with E-state index in [-0.39, 0.29) is 11.9 Å². The van der Waals surface area contributed by atoms with Crippen molar-refractivity contribution in [1.82, 2.24) is 4.98 Å². The van der Waals surface area contributed by atoms with Crippen molar-refractivity contribution in [2.24, 2.45) is 0 Å². The maximum Gasteiger partial charge on any atom is 0.364 e. The third-order valence-corrected chi connectivity index (χ3v) is 6.22. The van der Waals surface area contributed by atoms with Crippen LogP contribution in [-0.4, -0.2) is 16.5 Å². The van der Waals surface area contributed by atoms with Gasteiger partial charge in [0.1, 0.15) is 5.30 Å². The highest BCUT2D eigenvalue weighted by atomic mass is 31.2. The summed E-state index contributed by atoms with van der Waals surface area (Å²) < 4.78 is 17.4. The van der Waals surface area contributed by atoms with Gasteiger partial charge >= 0.3 is 7.60 Å². The molecule has 6 heteroatoms. The Morgan fingerprint density at radius 1 is 0.964 bits per heavy atom. The summed E-state index contributed by atoms with van der Waals surface area (Å²) in [4.78, 5) is 25.4. The van der Waals surface area contributed by atoms with E-state index in [0.29, 0.717) is 12.1 Å². The number of rotatable bonds is 5. The number of H-pyrrole nitrogens is 1. The van der Waals surface area contributed by atoms with E-state index in [1.807, 2.05) is 55.5 Å². The monoisotopic (exact) mass is 393 g/mol. The predicted molar refractivity (Wildman–Crippen MR) is 113 cm³/mol. The molecule has 142 valence electrons. The molecule has 1 heterocycles. The Balaban J connectivity index is 1.90. The Labute approximate surface area is 162 Å². The molecule has 0 saturated heterocycles. The van der Waals surface area contributed by atoms with Gasteiger partial charge in [-0.15, -0.1) is 0 Å². The summed E-state index contributed by atoms with van der Waals surface area (Å²) in [5, 5.41) is 4.03. The van der Waals surface area contributed by atoms with E-state index in [0.717, 1.165) is 27.1 Å². The number of aromatic nitrogens is 1. The molecule has 1 aromatic heterocycles. The van der Waals surface area contributed by atoms with Gasteiger partial charge in [0.25, 0.3) is 5.56 Å². The van der Waals surface area contributed by atoms with Crippen molar-refractivity contribution in [1.29, 1.82) is 0 Å². The molecule has 0 spiro atoms. The number of fused-ring (bicyclic) bond motifs is 3. The van der Waals surface area contributed by atoms with Crippen LogP contribution in [0.4, 0.5) is 0 Å². The van der Waals surface area contributed by atoms with Crippen LogP contribution in [0, 0.1) is 0 Å². The lowest BCUT2D eigenvalue weighted by Crippen LogP contribution is -2.28.